The fourth-order valence-corrected chi connectivity index (χ4v) is 4.15. The van der Waals surface area contributed by atoms with Crippen LogP contribution in [0.25, 0.3) is 0 Å². The van der Waals surface area contributed by atoms with Crippen LogP contribution < -0.4 is 0 Å². The highest BCUT2D eigenvalue weighted by Gasteiger charge is 2.35. The molecule has 0 aromatic carbocycles. The first-order valence-electron chi connectivity index (χ1n) is 2.93. The van der Waals surface area contributed by atoms with Gasteiger partial charge in [-0.1, -0.05) is 6.92 Å². The predicted molar refractivity (Wildman–Crippen MR) is 37.4 cm³/mol. The maximum Gasteiger partial charge on any atom is 0.287 e. The summed E-state index contributed by atoms with van der Waals surface area (Å²) in [5, 5.41) is 0. The maximum atomic E-state index is 5.98. The van der Waals surface area contributed by atoms with Crippen LogP contribution >= 0.6 is 11.1 Å². The molecule has 1 aliphatic rings. The summed E-state index contributed by atoms with van der Waals surface area (Å²) >= 11 is 5.98. The summed E-state index contributed by atoms with van der Waals surface area (Å²) in [6.45, 7) is 5.12. The van der Waals surface area contributed by atoms with Gasteiger partial charge in [0.2, 0.25) is 0 Å². The first-order chi connectivity index (χ1) is 3.60. The van der Waals surface area contributed by atoms with E-state index in [1.165, 1.54) is 0 Å². The lowest BCUT2D eigenvalue weighted by Gasteiger charge is -2.07. The van der Waals surface area contributed by atoms with E-state index in [2.05, 4.69) is 13.5 Å². The molecule has 0 spiro atoms. The van der Waals surface area contributed by atoms with Gasteiger partial charge in [0.05, 0.1) is 0 Å². The standard InChI is InChI=1S/C5H11ClOSi/c1-5-3-7-8(2,6)4-5/h5H,3-4H2,1-2H3. The molecule has 8 heavy (non-hydrogen) atoms. The average molecular weight is 151 g/mol. The van der Waals surface area contributed by atoms with Crippen molar-refractivity contribution in [3.05, 3.63) is 0 Å². The van der Waals surface area contributed by atoms with Gasteiger partial charge in [-0.05, 0) is 18.5 Å². The molecule has 0 N–H and O–H groups in total. The fourth-order valence-electron chi connectivity index (χ4n) is 1.06. The molecule has 2 unspecified atom stereocenters. The summed E-state index contributed by atoms with van der Waals surface area (Å²) < 4.78 is 5.36. The zero-order valence-electron chi connectivity index (χ0n) is 5.28. The molecule has 0 amide bonds. The second-order valence-corrected chi connectivity index (χ2v) is 8.02. The fraction of sp³-hybridized carbons (Fsp3) is 1.00. The summed E-state index contributed by atoms with van der Waals surface area (Å²) in [5.41, 5.74) is 0. The second kappa shape index (κ2) is 2.01. The Hall–Kier alpha value is 0.467. The molecule has 0 aromatic heterocycles. The number of rotatable bonds is 0. The Morgan fingerprint density at radius 2 is 2.38 bits per heavy atom. The van der Waals surface area contributed by atoms with Crippen molar-refractivity contribution in [3.63, 3.8) is 0 Å². The van der Waals surface area contributed by atoms with Crippen LogP contribution in [0.3, 0.4) is 0 Å². The van der Waals surface area contributed by atoms with Crippen LogP contribution in [-0.2, 0) is 4.43 Å². The topological polar surface area (TPSA) is 9.23 Å². The first kappa shape index (κ1) is 6.58. The SMILES string of the molecule is CC1CO[Si](C)(Cl)C1. The van der Waals surface area contributed by atoms with Crippen LogP contribution in [0.15, 0.2) is 0 Å². The van der Waals surface area contributed by atoms with Crippen LogP contribution in [0.2, 0.25) is 12.6 Å². The Balaban J connectivity index is 2.44. The Morgan fingerprint density at radius 3 is 2.50 bits per heavy atom. The lowest BCUT2D eigenvalue weighted by atomic mass is 10.2. The third kappa shape index (κ3) is 1.47. The van der Waals surface area contributed by atoms with Gasteiger partial charge < -0.3 is 4.43 Å². The highest BCUT2D eigenvalue weighted by Crippen LogP contribution is 2.29. The van der Waals surface area contributed by atoms with E-state index in [-0.39, 0.29) is 0 Å². The molecule has 3 heteroatoms. The van der Waals surface area contributed by atoms with Crippen molar-refractivity contribution >= 4 is 18.7 Å². The first-order valence-corrected chi connectivity index (χ1v) is 6.56. The molecule has 48 valence electrons. The average Bonchev–Trinajstić information content (AvgIpc) is 1.82. The molecular formula is C5H11ClOSi. The van der Waals surface area contributed by atoms with Gasteiger partial charge in [0.25, 0.3) is 7.63 Å². The van der Waals surface area contributed by atoms with Gasteiger partial charge in [-0.2, -0.15) is 0 Å². The molecule has 0 bridgehead atoms. The molecule has 0 aliphatic carbocycles. The second-order valence-electron chi connectivity index (χ2n) is 2.72. The van der Waals surface area contributed by atoms with E-state index >= 15 is 0 Å². The molecule has 0 aromatic rings. The van der Waals surface area contributed by atoms with Crippen molar-refractivity contribution < 1.29 is 4.43 Å². The van der Waals surface area contributed by atoms with Crippen molar-refractivity contribution in [3.8, 4) is 0 Å². The van der Waals surface area contributed by atoms with Gasteiger partial charge in [0.15, 0.2) is 0 Å². The number of hydrogen-bond donors (Lipinski definition) is 0. The monoisotopic (exact) mass is 150 g/mol. The zero-order chi connectivity index (χ0) is 6.20. The summed E-state index contributed by atoms with van der Waals surface area (Å²) in [6, 6.07) is 1.12. The van der Waals surface area contributed by atoms with E-state index in [0.29, 0.717) is 5.92 Å². The van der Waals surface area contributed by atoms with Crippen molar-refractivity contribution in [1.29, 1.82) is 0 Å². The van der Waals surface area contributed by atoms with E-state index in [1.807, 2.05) is 0 Å². The Kier molecular flexibility index (Phi) is 1.65. The van der Waals surface area contributed by atoms with Gasteiger partial charge in [-0.15, -0.1) is 11.1 Å². The van der Waals surface area contributed by atoms with E-state index < -0.39 is 7.63 Å². The van der Waals surface area contributed by atoms with Gasteiger partial charge in [-0.3, -0.25) is 0 Å². The van der Waals surface area contributed by atoms with Crippen molar-refractivity contribution in [2.24, 2.45) is 5.92 Å². The van der Waals surface area contributed by atoms with E-state index in [9.17, 15) is 0 Å². The largest absolute Gasteiger partial charge is 0.403 e. The normalized spacial score (nSPS) is 47.6. The summed E-state index contributed by atoms with van der Waals surface area (Å²) in [5.74, 6) is 0.698. The highest BCUT2D eigenvalue weighted by molar-refractivity contribution is 7.16. The molecular weight excluding hydrogens is 140 g/mol. The molecule has 1 nitrogen and oxygen atoms in total. The quantitative estimate of drug-likeness (QED) is 0.379. The minimum atomic E-state index is -1.63. The van der Waals surface area contributed by atoms with E-state index in [4.69, 9.17) is 15.5 Å². The third-order valence-electron chi connectivity index (χ3n) is 1.38. The summed E-state index contributed by atoms with van der Waals surface area (Å²) in [6.07, 6.45) is 0. The van der Waals surface area contributed by atoms with Crippen molar-refractivity contribution in [2.45, 2.75) is 19.5 Å². The Labute approximate surface area is 55.8 Å². The molecule has 1 heterocycles. The van der Waals surface area contributed by atoms with Crippen LogP contribution in [0.4, 0.5) is 0 Å². The van der Waals surface area contributed by atoms with Crippen LogP contribution in [0.1, 0.15) is 6.92 Å². The number of halogens is 1. The maximum absolute atomic E-state index is 5.98. The summed E-state index contributed by atoms with van der Waals surface area (Å²) in [4.78, 5) is 0. The van der Waals surface area contributed by atoms with Crippen molar-refractivity contribution in [2.75, 3.05) is 6.61 Å². The lowest BCUT2D eigenvalue weighted by molar-refractivity contribution is 0.321. The van der Waals surface area contributed by atoms with Crippen molar-refractivity contribution in [1.82, 2.24) is 0 Å². The van der Waals surface area contributed by atoms with Crippen LogP contribution in [0.5, 0.6) is 0 Å². The van der Waals surface area contributed by atoms with E-state index in [1.54, 1.807) is 0 Å². The minimum Gasteiger partial charge on any atom is -0.403 e. The minimum absolute atomic E-state index is 0.698. The Morgan fingerprint density at radius 1 is 1.75 bits per heavy atom. The van der Waals surface area contributed by atoms with Crippen LogP contribution in [-0.4, -0.2) is 14.2 Å². The third-order valence-corrected chi connectivity index (χ3v) is 4.37. The number of hydrogen-bond acceptors (Lipinski definition) is 1. The van der Waals surface area contributed by atoms with E-state index in [0.717, 1.165) is 12.7 Å². The molecule has 0 saturated carbocycles. The van der Waals surface area contributed by atoms with Crippen LogP contribution in [0, 0.1) is 5.92 Å². The highest BCUT2D eigenvalue weighted by atomic mass is 35.6. The van der Waals surface area contributed by atoms with Gasteiger partial charge >= 0.3 is 0 Å². The molecule has 1 saturated heterocycles. The predicted octanol–water partition coefficient (Wildman–Crippen LogP) is 1.96. The molecule has 1 fully saturated rings. The molecule has 1 aliphatic heterocycles. The van der Waals surface area contributed by atoms with Gasteiger partial charge in [0, 0.05) is 6.61 Å². The van der Waals surface area contributed by atoms with Gasteiger partial charge in [0.1, 0.15) is 0 Å². The smallest absolute Gasteiger partial charge is 0.287 e. The lowest BCUT2D eigenvalue weighted by Crippen LogP contribution is -2.19. The summed E-state index contributed by atoms with van der Waals surface area (Å²) in [7, 11) is -1.63. The zero-order valence-corrected chi connectivity index (χ0v) is 7.03. The molecule has 0 radical (unpaired) electrons. The molecule has 2 atom stereocenters. The Bertz CT molecular complexity index is 94.4. The van der Waals surface area contributed by atoms with Gasteiger partial charge in [-0.25, -0.2) is 0 Å². The molecule has 1 rings (SSSR count).